The van der Waals surface area contributed by atoms with Crippen molar-refractivity contribution in [3.63, 3.8) is 0 Å². The highest BCUT2D eigenvalue weighted by Gasteiger charge is 2.23. The molecule has 1 fully saturated rings. The number of aryl methyl sites for hydroxylation is 1. The second kappa shape index (κ2) is 5.70. The predicted molar refractivity (Wildman–Crippen MR) is 67.7 cm³/mol. The molecule has 0 bridgehead atoms. The highest BCUT2D eigenvalue weighted by Crippen LogP contribution is 2.21. The highest BCUT2D eigenvalue weighted by atomic mass is 16.5. The van der Waals surface area contributed by atoms with Crippen LogP contribution in [-0.2, 0) is 4.74 Å². The van der Waals surface area contributed by atoms with E-state index in [0.29, 0.717) is 5.92 Å². The van der Waals surface area contributed by atoms with Gasteiger partial charge in [-0.1, -0.05) is 17.7 Å². The number of hydrogen-bond acceptors (Lipinski definition) is 3. The van der Waals surface area contributed by atoms with Crippen LogP contribution in [-0.4, -0.2) is 19.3 Å². The molecule has 1 aliphatic rings. The highest BCUT2D eigenvalue weighted by molar-refractivity contribution is 5.46. The summed E-state index contributed by atoms with van der Waals surface area (Å²) in [5, 5.41) is 12.5. The van der Waals surface area contributed by atoms with Gasteiger partial charge in [0, 0.05) is 18.9 Å². The Balaban J connectivity index is 1.99. The van der Waals surface area contributed by atoms with Crippen molar-refractivity contribution in [1.29, 1.82) is 5.26 Å². The summed E-state index contributed by atoms with van der Waals surface area (Å²) in [6, 6.07) is 10.4. The van der Waals surface area contributed by atoms with Crippen molar-refractivity contribution in [1.82, 2.24) is 0 Å². The van der Waals surface area contributed by atoms with Crippen LogP contribution in [0.15, 0.2) is 24.3 Å². The number of nitrogens with zero attached hydrogens (tertiary/aromatic N) is 1. The molecule has 3 nitrogen and oxygen atoms in total. The standard InChI is InChI=1S/C14H18N2O/c1-11-2-4-13(5-3-11)16-14(10-15)12-6-8-17-9-7-12/h2-5,12,14,16H,6-9H2,1H3. The molecule has 0 saturated carbocycles. The third kappa shape index (κ3) is 3.21. The predicted octanol–water partition coefficient (Wildman–Crippen LogP) is 2.73. The Bertz CT molecular complexity index is 388. The minimum Gasteiger partial charge on any atom is -0.381 e. The minimum atomic E-state index is -0.110. The van der Waals surface area contributed by atoms with Crippen LogP contribution < -0.4 is 5.32 Å². The van der Waals surface area contributed by atoms with Crippen LogP contribution in [0.25, 0.3) is 0 Å². The van der Waals surface area contributed by atoms with Crippen LogP contribution >= 0.6 is 0 Å². The van der Waals surface area contributed by atoms with E-state index < -0.39 is 0 Å². The molecule has 1 aromatic carbocycles. The van der Waals surface area contributed by atoms with Gasteiger partial charge in [-0.2, -0.15) is 5.26 Å². The summed E-state index contributed by atoms with van der Waals surface area (Å²) in [6.45, 7) is 3.61. The van der Waals surface area contributed by atoms with Gasteiger partial charge in [-0.05, 0) is 37.8 Å². The van der Waals surface area contributed by atoms with Crippen molar-refractivity contribution in [2.75, 3.05) is 18.5 Å². The maximum Gasteiger partial charge on any atom is 0.117 e. The third-order valence-corrected chi connectivity index (χ3v) is 3.25. The van der Waals surface area contributed by atoms with E-state index in [4.69, 9.17) is 4.74 Å². The number of ether oxygens (including phenoxy) is 1. The molecule has 90 valence electrons. The van der Waals surface area contributed by atoms with Crippen LogP contribution in [0.3, 0.4) is 0 Å². The van der Waals surface area contributed by atoms with Gasteiger partial charge >= 0.3 is 0 Å². The van der Waals surface area contributed by atoms with E-state index in [1.54, 1.807) is 0 Å². The van der Waals surface area contributed by atoms with E-state index in [2.05, 4.69) is 30.4 Å². The second-order valence-corrected chi connectivity index (χ2v) is 4.57. The summed E-state index contributed by atoms with van der Waals surface area (Å²) < 4.78 is 5.32. The first-order valence-corrected chi connectivity index (χ1v) is 6.10. The molecule has 0 radical (unpaired) electrons. The molecule has 0 aliphatic carbocycles. The Morgan fingerprint density at radius 2 is 1.94 bits per heavy atom. The molecule has 17 heavy (non-hydrogen) atoms. The average Bonchev–Trinajstić information content (AvgIpc) is 2.39. The Labute approximate surface area is 102 Å². The number of nitriles is 1. The average molecular weight is 230 g/mol. The first kappa shape index (κ1) is 11.9. The van der Waals surface area contributed by atoms with Gasteiger partial charge in [-0.25, -0.2) is 0 Å². The van der Waals surface area contributed by atoms with Gasteiger partial charge in [0.15, 0.2) is 0 Å². The van der Waals surface area contributed by atoms with Crippen LogP contribution in [0.1, 0.15) is 18.4 Å². The largest absolute Gasteiger partial charge is 0.381 e. The van der Waals surface area contributed by atoms with Gasteiger partial charge in [-0.3, -0.25) is 0 Å². The summed E-state index contributed by atoms with van der Waals surface area (Å²) in [5.74, 6) is 0.398. The van der Waals surface area contributed by atoms with E-state index in [1.165, 1.54) is 5.56 Å². The normalized spacial score (nSPS) is 18.4. The van der Waals surface area contributed by atoms with Gasteiger partial charge in [0.25, 0.3) is 0 Å². The van der Waals surface area contributed by atoms with Crippen LogP contribution in [0.2, 0.25) is 0 Å². The van der Waals surface area contributed by atoms with Crippen molar-refractivity contribution in [3.8, 4) is 6.07 Å². The fourth-order valence-electron chi connectivity index (χ4n) is 2.13. The molecule has 0 aromatic heterocycles. The molecule has 2 rings (SSSR count). The minimum absolute atomic E-state index is 0.110. The first-order chi connectivity index (χ1) is 8.29. The summed E-state index contributed by atoms with van der Waals surface area (Å²) in [6.07, 6.45) is 1.94. The Hall–Kier alpha value is -1.53. The molecule has 1 heterocycles. The smallest absolute Gasteiger partial charge is 0.117 e. The number of benzene rings is 1. The summed E-state index contributed by atoms with van der Waals surface area (Å²) in [4.78, 5) is 0. The zero-order valence-electron chi connectivity index (χ0n) is 10.1. The number of anilines is 1. The lowest BCUT2D eigenvalue weighted by atomic mass is 9.92. The Morgan fingerprint density at radius 1 is 1.29 bits per heavy atom. The van der Waals surface area contributed by atoms with E-state index in [0.717, 1.165) is 31.7 Å². The summed E-state index contributed by atoms with van der Waals surface area (Å²) in [5.41, 5.74) is 2.25. The number of rotatable bonds is 3. The van der Waals surface area contributed by atoms with Crippen molar-refractivity contribution >= 4 is 5.69 Å². The van der Waals surface area contributed by atoms with Crippen LogP contribution in [0.4, 0.5) is 5.69 Å². The quantitative estimate of drug-likeness (QED) is 0.868. The molecule has 0 spiro atoms. The van der Waals surface area contributed by atoms with Crippen molar-refractivity contribution < 1.29 is 4.74 Å². The third-order valence-electron chi connectivity index (χ3n) is 3.25. The molecular formula is C14H18N2O. The van der Waals surface area contributed by atoms with Crippen molar-refractivity contribution in [2.45, 2.75) is 25.8 Å². The molecule has 0 amide bonds. The zero-order valence-corrected chi connectivity index (χ0v) is 10.1. The maximum atomic E-state index is 9.24. The number of hydrogen-bond donors (Lipinski definition) is 1. The Morgan fingerprint density at radius 3 is 2.53 bits per heavy atom. The topological polar surface area (TPSA) is 45.0 Å². The van der Waals surface area contributed by atoms with Gasteiger partial charge < -0.3 is 10.1 Å². The lowest BCUT2D eigenvalue weighted by molar-refractivity contribution is 0.0651. The van der Waals surface area contributed by atoms with Gasteiger partial charge in [0.1, 0.15) is 6.04 Å². The molecule has 1 unspecified atom stereocenters. The lowest BCUT2D eigenvalue weighted by Crippen LogP contribution is -2.32. The van der Waals surface area contributed by atoms with Crippen LogP contribution in [0, 0.1) is 24.2 Å². The Kier molecular flexibility index (Phi) is 4.00. The second-order valence-electron chi connectivity index (χ2n) is 4.57. The summed E-state index contributed by atoms with van der Waals surface area (Å²) >= 11 is 0. The molecule has 3 heteroatoms. The monoisotopic (exact) mass is 230 g/mol. The van der Waals surface area contributed by atoms with Crippen LogP contribution in [0.5, 0.6) is 0 Å². The number of nitrogens with one attached hydrogen (secondary N) is 1. The van der Waals surface area contributed by atoms with Crippen molar-refractivity contribution in [2.24, 2.45) is 5.92 Å². The first-order valence-electron chi connectivity index (χ1n) is 6.10. The fraction of sp³-hybridized carbons (Fsp3) is 0.500. The van der Waals surface area contributed by atoms with E-state index in [-0.39, 0.29) is 6.04 Å². The van der Waals surface area contributed by atoms with E-state index >= 15 is 0 Å². The van der Waals surface area contributed by atoms with Gasteiger partial charge in [-0.15, -0.1) is 0 Å². The molecule has 1 saturated heterocycles. The van der Waals surface area contributed by atoms with Crippen molar-refractivity contribution in [3.05, 3.63) is 29.8 Å². The summed E-state index contributed by atoms with van der Waals surface area (Å²) in [7, 11) is 0. The van der Waals surface area contributed by atoms with E-state index in [9.17, 15) is 5.26 Å². The lowest BCUT2D eigenvalue weighted by Gasteiger charge is -2.27. The molecule has 1 aliphatic heterocycles. The molecule has 1 atom stereocenters. The maximum absolute atomic E-state index is 9.24. The molecule has 1 aromatic rings. The zero-order chi connectivity index (χ0) is 12.1. The molecule has 1 N–H and O–H groups in total. The van der Waals surface area contributed by atoms with Gasteiger partial charge in [0.05, 0.1) is 6.07 Å². The van der Waals surface area contributed by atoms with E-state index in [1.807, 2.05) is 12.1 Å². The SMILES string of the molecule is Cc1ccc(NC(C#N)C2CCOCC2)cc1. The molecular weight excluding hydrogens is 212 g/mol. The van der Waals surface area contributed by atoms with Gasteiger partial charge in [0.2, 0.25) is 0 Å². The fourth-order valence-corrected chi connectivity index (χ4v) is 2.13.